The first-order valence-electron chi connectivity index (χ1n) is 10.3. The van der Waals surface area contributed by atoms with Gasteiger partial charge >= 0.3 is 0 Å². The van der Waals surface area contributed by atoms with Gasteiger partial charge in [-0.3, -0.25) is 0 Å². The maximum atomic E-state index is 5.55. The van der Waals surface area contributed by atoms with E-state index in [1.165, 1.54) is 11.1 Å². The highest BCUT2D eigenvalue weighted by molar-refractivity contribution is 5.42. The van der Waals surface area contributed by atoms with E-state index in [4.69, 9.17) is 4.74 Å². The average molecular weight is 381 g/mol. The fraction of sp³-hybridized carbons (Fsp3) is 0.440. The molecule has 0 spiro atoms. The quantitative estimate of drug-likeness (QED) is 0.415. The Kier molecular flexibility index (Phi) is 7.98. The van der Waals surface area contributed by atoms with Gasteiger partial charge in [0.15, 0.2) is 0 Å². The number of ether oxygens (including phenoxy) is 1. The SMILES string of the molecule is C=C1CCN/C=C\C=C/1C1C(C)C1C(=C)NC(C)C(=C)/C=C\C(=C/C)OCC. The van der Waals surface area contributed by atoms with E-state index >= 15 is 0 Å². The molecule has 2 aliphatic rings. The van der Waals surface area contributed by atoms with Crippen LogP contribution in [0.5, 0.6) is 0 Å². The molecule has 1 saturated carbocycles. The van der Waals surface area contributed by atoms with Crippen LogP contribution >= 0.6 is 0 Å². The minimum atomic E-state index is 0.121. The second-order valence-corrected chi connectivity index (χ2v) is 7.62. The lowest BCUT2D eigenvalue weighted by Gasteiger charge is -2.19. The molecule has 152 valence electrons. The van der Waals surface area contributed by atoms with E-state index in [2.05, 4.69) is 56.4 Å². The van der Waals surface area contributed by atoms with Crippen molar-refractivity contribution in [2.45, 2.75) is 40.2 Å². The second kappa shape index (κ2) is 10.2. The van der Waals surface area contributed by atoms with Gasteiger partial charge in [0.25, 0.3) is 0 Å². The summed E-state index contributed by atoms with van der Waals surface area (Å²) < 4.78 is 5.55. The lowest BCUT2D eigenvalue weighted by molar-refractivity contribution is 0.242. The molecule has 0 amide bonds. The summed E-state index contributed by atoms with van der Waals surface area (Å²) in [5, 5.41) is 6.83. The van der Waals surface area contributed by atoms with Crippen molar-refractivity contribution in [1.29, 1.82) is 0 Å². The van der Waals surface area contributed by atoms with Gasteiger partial charge in [-0.1, -0.05) is 38.8 Å². The predicted molar refractivity (Wildman–Crippen MR) is 121 cm³/mol. The van der Waals surface area contributed by atoms with E-state index in [-0.39, 0.29) is 6.04 Å². The molecule has 1 aliphatic carbocycles. The molecule has 0 aromatic rings. The molecule has 4 unspecified atom stereocenters. The summed E-state index contributed by atoms with van der Waals surface area (Å²) in [6, 6.07) is 0.121. The molecule has 2 rings (SSSR count). The van der Waals surface area contributed by atoms with Crippen molar-refractivity contribution in [3.8, 4) is 0 Å². The normalized spacial score (nSPS) is 29.0. The molecule has 1 heterocycles. The van der Waals surface area contributed by atoms with Crippen molar-refractivity contribution >= 4 is 0 Å². The first-order chi connectivity index (χ1) is 13.4. The van der Waals surface area contributed by atoms with E-state index < -0.39 is 0 Å². The van der Waals surface area contributed by atoms with Gasteiger partial charge in [-0.05, 0) is 80.2 Å². The first kappa shape index (κ1) is 21.9. The summed E-state index contributed by atoms with van der Waals surface area (Å²) >= 11 is 0. The smallest absolute Gasteiger partial charge is 0.115 e. The fourth-order valence-corrected chi connectivity index (χ4v) is 3.80. The van der Waals surface area contributed by atoms with Gasteiger partial charge in [-0.15, -0.1) is 0 Å². The molecular weight excluding hydrogens is 344 g/mol. The Morgan fingerprint density at radius 3 is 2.82 bits per heavy atom. The largest absolute Gasteiger partial charge is 0.494 e. The summed E-state index contributed by atoms with van der Waals surface area (Å²) in [5.41, 5.74) is 4.71. The third-order valence-corrected chi connectivity index (χ3v) is 5.62. The van der Waals surface area contributed by atoms with Gasteiger partial charge in [0.2, 0.25) is 0 Å². The standard InChI is InChI=1S/C25H36N2O/c1-8-22(28-9-2)13-12-17(3)20(6)27-21(7)24-19(5)25(24)23-11-10-15-26-16-14-18(23)4/h8,10-13,15,19-20,24-27H,3-4,7,9,14,16H2,1-2,5-6H3/b13-12-,15-10-,22-8+,23-11+. The number of nitrogens with one attached hydrogen (secondary N) is 2. The maximum absolute atomic E-state index is 5.55. The zero-order valence-corrected chi connectivity index (χ0v) is 17.9. The highest BCUT2D eigenvalue weighted by Gasteiger charge is 2.50. The molecule has 28 heavy (non-hydrogen) atoms. The van der Waals surface area contributed by atoms with Crippen LogP contribution in [0.4, 0.5) is 0 Å². The van der Waals surface area contributed by atoms with Gasteiger partial charge in [0.05, 0.1) is 6.61 Å². The second-order valence-electron chi connectivity index (χ2n) is 7.62. The molecule has 3 heteroatoms. The number of rotatable bonds is 9. The van der Waals surface area contributed by atoms with E-state index in [1.807, 2.05) is 38.3 Å². The lowest BCUT2D eigenvalue weighted by Crippen LogP contribution is -2.27. The molecule has 1 fully saturated rings. The van der Waals surface area contributed by atoms with Crippen LogP contribution in [0.15, 0.2) is 84.5 Å². The Bertz CT molecular complexity index is 723. The number of hydrogen-bond donors (Lipinski definition) is 2. The fourth-order valence-electron chi connectivity index (χ4n) is 3.80. The van der Waals surface area contributed by atoms with Crippen LogP contribution < -0.4 is 10.6 Å². The molecule has 0 aromatic heterocycles. The van der Waals surface area contributed by atoms with Gasteiger partial charge in [0.1, 0.15) is 5.76 Å². The molecule has 2 N–H and O–H groups in total. The Labute approximate surface area is 171 Å². The van der Waals surface area contributed by atoms with Crippen molar-refractivity contribution < 1.29 is 4.74 Å². The highest BCUT2D eigenvalue weighted by atomic mass is 16.5. The Morgan fingerprint density at radius 1 is 1.39 bits per heavy atom. The van der Waals surface area contributed by atoms with Crippen LogP contribution in [0.25, 0.3) is 0 Å². The Balaban J connectivity index is 1.96. The third kappa shape index (κ3) is 5.54. The molecular formula is C25H36N2O. The first-order valence-corrected chi connectivity index (χ1v) is 10.3. The predicted octanol–water partition coefficient (Wildman–Crippen LogP) is 5.40. The van der Waals surface area contributed by atoms with E-state index in [0.717, 1.165) is 30.0 Å². The third-order valence-electron chi connectivity index (χ3n) is 5.62. The summed E-state index contributed by atoms with van der Waals surface area (Å²) in [4.78, 5) is 0. The van der Waals surface area contributed by atoms with Crippen molar-refractivity contribution in [3.05, 3.63) is 84.5 Å². The van der Waals surface area contributed by atoms with E-state index in [9.17, 15) is 0 Å². The van der Waals surface area contributed by atoms with Crippen molar-refractivity contribution in [1.82, 2.24) is 10.6 Å². The maximum Gasteiger partial charge on any atom is 0.115 e. The highest BCUT2D eigenvalue weighted by Crippen LogP contribution is 2.55. The molecule has 3 nitrogen and oxygen atoms in total. The number of hydrogen-bond acceptors (Lipinski definition) is 3. The van der Waals surface area contributed by atoms with E-state index in [1.54, 1.807) is 0 Å². The van der Waals surface area contributed by atoms with Gasteiger partial charge in [-0.25, -0.2) is 0 Å². The molecule has 0 aromatic carbocycles. The lowest BCUT2D eigenvalue weighted by atomic mass is 9.96. The van der Waals surface area contributed by atoms with Crippen molar-refractivity contribution in [2.24, 2.45) is 17.8 Å². The molecule has 0 radical (unpaired) electrons. The summed E-state index contributed by atoms with van der Waals surface area (Å²) in [6.45, 7) is 22.8. The molecule has 0 saturated heterocycles. The van der Waals surface area contributed by atoms with Crippen LogP contribution in [0.1, 0.15) is 34.1 Å². The zero-order valence-electron chi connectivity index (χ0n) is 17.9. The van der Waals surface area contributed by atoms with Gasteiger partial charge in [-0.2, -0.15) is 0 Å². The average Bonchev–Trinajstić information content (AvgIpc) is 3.32. The zero-order chi connectivity index (χ0) is 20.7. The van der Waals surface area contributed by atoms with Crippen molar-refractivity contribution in [3.63, 3.8) is 0 Å². The van der Waals surface area contributed by atoms with Gasteiger partial charge in [0, 0.05) is 24.2 Å². The van der Waals surface area contributed by atoms with Crippen LogP contribution in [0.3, 0.4) is 0 Å². The monoisotopic (exact) mass is 380 g/mol. The Morgan fingerprint density at radius 2 is 2.14 bits per heavy atom. The summed E-state index contributed by atoms with van der Waals surface area (Å²) in [6.07, 6.45) is 13.2. The minimum absolute atomic E-state index is 0.121. The molecule has 0 bridgehead atoms. The molecule has 1 aliphatic heterocycles. The van der Waals surface area contributed by atoms with Crippen LogP contribution in [0.2, 0.25) is 0 Å². The minimum Gasteiger partial charge on any atom is -0.494 e. The Hall–Kier alpha value is -2.42. The van der Waals surface area contributed by atoms with E-state index in [0.29, 0.717) is 24.4 Å². The van der Waals surface area contributed by atoms with Crippen LogP contribution in [-0.4, -0.2) is 19.2 Å². The topological polar surface area (TPSA) is 33.3 Å². The van der Waals surface area contributed by atoms with Crippen molar-refractivity contribution in [2.75, 3.05) is 13.2 Å². The van der Waals surface area contributed by atoms with Gasteiger partial charge < -0.3 is 15.4 Å². The summed E-state index contributed by atoms with van der Waals surface area (Å²) in [5.74, 6) is 2.38. The summed E-state index contributed by atoms with van der Waals surface area (Å²) in [7, 11) is 0. The molecule has 4 atom stereocenters. The van der Waals surface area contributed by atoms with Crippen LogP contribution in [-0.2, 0) is 4.74 Å². The number of allylic oxidation sites excluding steroid dienone is 6. The van der Waals surface area contributed by atoms with Crippen LogP contribution in [0, 0.1) is 17.8 Å².